The minimum atomic E-state index is -0.546. The second-order valence-electron chi connectivity index (χ2n) is 4.78. The summed E-state index contributed by atoms with van der Waals surface area (Å²) in [4.78, 5) is 23.2. The molecule has 2 heterocycles. The molecule has 0 spiro atoms. The molecule has 0 bridgehead atoms. The van der Waals surface area contributed by atoms with E-state index in [-0.39, 0.29) is 0 Å². The van der Waals surface area contributed by atoms with Crippen LogP contribution in [0.2, 0.25) is 5.02 Å². The highest BCUT2D eigenvalue weighted by Gasteiger charge is 2.12. The highest BCUT2D eigenvalue weighted by Crippen LogP contribution is 2.30. The third-order valence-electron chi connectivity index (χ3n) is 3.13. The van der Waals surface area contributed by atoms with Crippen LogP contribution in [-0.2, 0) is 4.74 Å². The molecule has 2 aromatic heterocycles. The second kappa shape index (κ2) is 5.65. The van der Waals surface area contributed by atoms with Gasteiger partial charge in [-0.3, -0.25) is 5.32 Å². The maximum atomic E-state index is 11.3. The van der Waals surface area contributed by atoms with E-state index in [0.717, 1.165) is 11.1 Å². The number of halogens is 1. The average molecular weight is 317 g/mol. The zero-order valence-electron chi connectivity index (χ0n) is 12.0. The number of fused-ring (bicyclic) bond motifs is 1. The predicted octanol–water partition coefficient (Wildman–Crippen LogP) is 3.77. The molecule has 0 saturated carbocycles. The third kappa shape index (κ3) is 2.73. The third-order valence-corrected chi connectivity index (χ3v) is 3.46. The van der Waals surface area contributed by atoms with E-state index < -0.39 is 6.09 Å². The van der Waals surface area contributed by atoms with Gasteiger partial charge in [-0.15, -0.1) is 0 Å². The van der Waals surface area contributed by atoms with Crippen LogP contribution in [0.3, 0.4) is 0 Å². The first-order chi connectivity index (χ1) is 10.6. The van der Waals surface area contributed by atoms with Crippen molar-refractivity contribution in [1.82, 2.24) is 15.0 Å². The number of methoxy groups -OCH3 is 1. The van der Waals surface area contributed by atoms with Crippen molar-refractivity contribution in [2.24, 2.45) is 0 Å². The van der Waals surface area contributed by atoms with Gasteiger partial charge in [-0.1, -0.05) is 11.6 Å². The fourth-order valence-electron chi connectivity index (χ4n) is 2.09. The molecule has 1 amide bonds. The summed E-state index contributed by atoms with van der Waals surface area (Å²) in [5.74, 6) is 0.589. The fraction of sp³-hybridized carbons (Fsp3) is 0.133. The molecule has 0 aliphatic carbocycles. The number of aromatic amines is 1. The lowest BCUT2D eigenvalue weighted by atomic mass is 10.2. The van der Waals surface area contributed by atoms with E-state index in [0.29, 0.717) is 27.7 Å². The Labute approximate surface area is 131 Å². The summed E-state index contributed by atoms with van der Waals surface area (Å²) < 4.78 is 4.57. The molecule has 3 rings (SSSR count). The standard InChI is InChI=1S/C15H13ClN4O2/c1-8-5-12-14(17-7-8)20-13(19-12)10-6-9(3-4-11(10)16)18-15(21)22-2/h3-7H,1-2H3,(H,18,21)(H,17,19,20). The van der Waals surface area contributed by atoms with Crippen molar-refractivity contribution in [3.8, 4) is 11.4 Å². The summed E-state index contributed by atoms with van der Waals surface area (Å²) in [6.07, 6.45) is 1.21. The molecule has 1 aromatic carbocycles. The van der Waals surface area contributed by atoms with E-state index in [1.807, 2.05) is 13.0 Å². The Bertz CT molecular complexity index is 860. The van der Waals surface area contributed by atoms with Gasteiger partial charge < -0.3 is 9.72 Å². The Morgan fingerprint density at radius 1 is 1.36 bits per heavy atom. The number of hydrogen-bond acceptors (Lipinski definition) is 4. The smallest absolute Gasteiger partial charge is 0.411 e. The number of pyridine rings is 1. The summed E-state index contributed by atoms with van der Waals surface area (Å²) in [7, 11) is 1.30. The monoisotopic (exact) mass is 316 g/mol. The van der Waals surface area contributed by atoms with Crippen LogP contribution in [0.4, 0.5) is 10.5 Å². The fourth-order valence-corrected chi connectivity index (χ4v) is 2.29. The van der Waals surface area contributed by atoms with Crippen molar-refractivity contribution >= 4 is 34.5 Å². The molecule has 0 unspecified atom stereocenters. The summed E-state index contributed by atoms with van der Waals surface area (Å²) in [6.45, 7) is 1.96. The summed E-state index contributed by atoms with van der Waals surface area (Å²) in [6, 6.07) is 7.06. The molecule has 0 saturated heterocycles. The molecule has 2 N–H and O–H groups in total. The molecular weight excluding hydrogens is 304 g/mol. The maximum absolute atomic E-state index is 11.3. The number of aryl methyl sites for hydroxylation is 1. The number of anilines is 1. The molecule has 0 radical (unpaired) electrons. The van der Waals surface area contributed by atoms with Crippen molar-refractivity contribution in [3.05, 3.63) is 41.0 Å². The van der Waals surface area contributed by atoms with Crippen LogP contribution in [0.15, 0.2) is 30.5 Å². The number of nitrogens with one attached hydrogen (secondary N) is 2. The quantitative estimate of drug-likeness (QED) is 0.754. The first-order valence-electron chi connectivity index (χ1n) is 6.54. The first kappa shape index (κ1) is 14.3. The maximum Gasteiger partial charge on any atom is 0.411 e. The van der Waals surface area contributed by atoms with Gasteiger partial charge >= 0.3 is 6.09 Å². The van der Waals surface area contributed by atoms with Crippen LogP contribution in [0, 0.1) is 6.92 Å². The number of imidazole rings is 1. The van der Waals surface area contributed by atoms with Crippen molar-refractivity contribution in [1.29, 1.82) is 0 Å². The lowest BCUT2D eigenvalue weighted by molar-refractivity contribution is 0.187. The largest absolute Gasteiger partial charge is 0.453 e. The van der Waals surface area contributed by atoms with Crippen molar-refractivity contribution < 1.29 is 9.53 Å². The topological polar surface area (TPSA) is 79.9 Å². The highest BCUT2D eigenvalue weighted by molar-refractivity contribution is 6.33. The van der Waals surface area contributed by atoms with E-state index in [1.54, 1.807) is 24.4 Å². The molecule has 0 aliphatic heterocycles. The molecule has 112 valence electrons. The molecule has 3 aromatic rings. The SMILES string of the molecule is COC(=O)Nc1ccc(Cl)c(-c2nc3ncc(C)cc3[nH]2)c1. The van der Waals surface area contributed by atoms with Gasteiger partial charge in [-0.05, 0) is 36.8 Å². The molecular formula is C15H13ClN4O2. The van der Waals surface area contributed by atoms with Gasteiger partial charge in [0.15, 0.2) is 5.65 Å². The number of hydrogen-bond donors (Lipinski definition) is 2. The summed E-state index contributed by atoms with van der Waals surface area (Å²) in [5, 5.41) is 3.11. The van der Waals surface area contributed by atoms with E-state index in [2.05, 4.69) is 25.0 Å². The summed E-state index contributed by atoms with van der Waals surface area (Å²) >= 11 is 6.24. The van der Waals surface area contributed by atoms with Gasteiger partial charge in [-0.2, -0.15) is 0 Å². The zero-order chi connectivity index (χ0) is 15.7. The van der Waals surface area contributed by atoms with Crippen LogP contribution >= 0.6 is 11.6 Å². The van der Waals surface area contributed by atoms with Crippen LogP contribution in [0.5, 0.6) is 0 Å². The normalized spacial score (nSPS) is 10.7. The van der Waals surface area contributed by atoms with Crippen molar-refractivity contribution in [2.75, 3.05) is 12.4 Å². The predicted molar refractivity (Wildman–Crippen MR) is 85.1 cm³/mol. The van der Waals surface area contributed by atoms with Crippen molar-refractivity contribution in [2.45, 2.75) is 6.92 Å². The van der Waals surface area contributed by atoms with E-state index in [1.165, 1.54) is 7.11 Å². The number of carbonyl (C=O) groups excluding carboxylic acids is 1. The number of H-pyrrole nitrogens is 1. The number of benzene rings is 1. The minimum absolute atomic E-state index is 0.520. The van der Waals surface area contributed by atoms with Crippen LogP contribution in [0.25, 0.3) is 22.6 Å². The Balaban J connectivity index is 2.04. The van der Waals surface area contributed by atoms with Gasteiger partial charge in [0.1, 0.15) is 5.82 Å². The molecule has 0 atom stereocenters. The van der Waals surface area contributed by atoms with Crippen molar-refractivity contribution in [3.63, 3.8) is 0 Å². The lowest BCUT2D eigenvalue weighted by Gasteiger charge is -2.06. The van der Waals surface area contributed by atoms with Gasteiger partial charge in [-0.25, -0.2) is 14.8 Å². The zero-order valence-corrected chi connectivity index (χ0v) is 12.7. The summed E-state index contributed by atoms with van der Waals surface area (Å²) in [5.41, 5.74) is 3.72. The van der Waals surface area contributed by atoms with Crippen LogP contribution in [0.1, 0.15) is 5.56 Å². The average Bonchev–Trinajstić information content (AvgIpc) is 2.91. The van der Waals surface area contributed by atoms with Crippen LogP contribution < -0.4 is 5.32 Å². The lowest BCUT2D eigenvalue weighted by Crippen LogP contribution is -2.10. The Hall–Kier alpha value is -2.60. The molecule has 6 nitrogen and oxygen atoms in total. The van der Waals surface area contributed by atoms with E-state index in [4.69, 9.17) is 11.6 Å². The number of aromatic nitrogens is 3. The minimum Gasteiger partial charge on any atom is -0.453 e. The molecule has 22 heavy (non-hydrogen) atoms. The number of carbonyl (C=O) groups is 1. The van der Waals surface area contributed by atoms with Gasteiger partial charge in [0.25, 0.3) is 0 Å². The molecule has 7 heteroatoms. The number of rotatable bonds is 2. The number of ether oxygens (including phenoxy) is 1. The van der Waals surface area contributed by atoms with E-state index >= 15 is 0 Å². The Morgan fingerprint density at radius 2 is 2.18 bits per heavy atom. The van der Waals surface area contributed by atoms with Gasteiger partial charge in [0, 0.05) is 17.4 Å². The van der Waals surface area contributed by atoms with Crippen LogP contribution in [-0.4, -0.2) is 28.2 Å². The Morgan fingerprint density at radius 3 is 2.95 bits per heavy atom. The number of nitrogens with zero attached hydrogens (tertiary/aromatic N) is 2. The second-order valence-corrected chi connectivity index (χ2v) is 5.19. The number of amides is 1. The van der Waals surface area contributed by atoms with E-state index in [9.17, 15) is 4.79 Å². The first-order valence-corrected chi connectivity index (χ1v) is 6.92. The van der Waals surface area contributed by atoms with Gasteiger partial charge in [0.2, 0.25) is 0 Å². The Kier molecular flexibility index (Phi) is 3.68. The van der Waals surface area contributed by atoms with Gasteiger partial charge in [0.05, 0.1) is 17.6 Å². The highest BCUT2D eigenvalue weighted by atomic mass is 35.5. The molecule has 0 fully saturated rings. The molecule has 0 aliphatic rings.